The van der Waals surface area contributed by atoms with Gasteiger partial charge in [-0.1, -0.05) is 18.2 Å². The SMILES string of the molecule is CS(=O)(=O)Nc1cc(NC(=O)Oc2ccccc2)cc(C(F)(F)F)c1. The first-order valence-electron chi connectivity index (χ1n) is 6.77. The molecule has 0 heterocycles. The van der Waals surface area contributed by atoms with Gasteiger partial charge in [0, 0.05) is 5.69 Å². The summed E-state index contributed by atoms with van der Waals surface area (Å²) in [5.74, 6) is 0.196. The van der Waals surface area contributed by atoms with Crippen molar-refractivity contribution in [1.82, 2.24) is 0 Å². The number of anilines is 2. The van der Waals surface area contributed by atoms with Crippen molar-refractivity contribution in [2.45, 2.75) is 6.18 Å². The molecule has 0 aliphatic carbocycles. The Balaban J connectivity index is 2.26. The highest BCUT2D eigenvalue weighted by Gasteiger charge is 2.31. The van der Waals surface area contributed by atoms with Crippen molar-refractivity contribution < 1.29 is 31.1 Å². The van der Waals surface area contributed by atoms with E-state index in [1.54, 1.807) is 18.2 Å². The number of carbonyl (C=O) groups is 1. The summed E-state index contributed by atoms with van der Waals surface area (Å²) in [5, 5.41) is 2.13. The molecule has 2 aromatic carbocycles. The number of hydrogen-bond acceptors (Lipinski definition) is 4. The van der Waals surface area contributed by atoms with Gasteiger partial charge in [0.15, 0.2) is 0 Å². The Morgan fingerprint density at radius 2 is 1.64 bits per heavy atom. The molecule has 0 saturated carbocycles. The van der Waals surface area contributed by atoms with E-state index in [-0.39, 0.29) is 17.1 Å². The van der Waals surface area contributed by atoms with Crippen molar-refractivity contribution in [2.75, 3.05) is 16.3 Å². The molecule has 0 spiro atoms. The molecule has 10 heteroatoms. The number of alkyl halides is 3. The fraction of sp³-hybridized carbons (Fsp3) is 0.133. The zero-order valence-electron chi connectivity index (χ0n) is 12.8. The van der Waals surface area contributed by atoms with E-state index in [9.17, 15) is 26.4 Å². The lowest BCUT2D eigenvalue weighted by molar-refractivity contribution is -0.137. The second kappa shape index (κ2) is 7.01. The molecule has 0 saturated heterocycles. The minimum Gasteiger partial charge on any atom is -0.410 e. The molecule has 0 atom stereocenters. The third kappa shape index (κ3) is 5.99. The van der Waals surface area contributed by atoms with Crippen molar-refractivity contribution in [3.8, 4) is 5.75 Å². The van der Waals surface area contributed by atoms with E-state index >= 15 is 0 Å². The van der Waals surface area contributed by atoms with Crippen LogP contribution in [0.2, 0.25) is 0 Å². The van der Waals surface area contributed by atoms with Gasteiger partial charge in [-0.3, -0.25) is 10.0 Å². The molecule has 2 rings (SSSR count). The Labute approximate surface area is 141 Å². The van der Waals surface area contributed by atoms with Gasteiger partial charge in [0.1, 0.15) is 5.75 Å². The van der Waals surface area contributed by atoms with Gasteiger partial charge in [0.2, 0.25) is 10.0 Å². The Morgan fingerprint density at radius 1 is 1.04 bits per heavy atom. The van der Waals surface area contributed by atoms with Gasteiger partial charge in [-0.15, -0.1) is 0 Å². The van der Waals surface area contributed by atoms with Gasteiger partial charge in [-0.2, -0.15) is 13.2 Å². The molecule has 134 valence electrons. The van der Waals surface area contributed by atoms with Gasteiger partial charge in [0.05, 0.1) is 17.5 Å². The topological polar surface area (TPSA) is 84.5 Å². The van der Waals surface area contributed by atoms with E-state index in [4.69, 9.17) is 4.74 Å². The standard InChI is InChI=1S/C15H13F3N2O4S/c1-25(22,23)20-12-8-10(15(16,17)18)7-11(9-12)19-14(21)24-13-5-3-2-4-6-13/h2-9,20H,1H3,(H,19,21). The summed E-state index contributed by atoms with van der Waals surface area (Å²) >= 11 is 0. The number of nitrogens with one attached hydrogen (secondary N) is 2. The summed E-state index contributed by atoms with van der Waals surface area (Å²) in [7, 11) is -3.79. The Kier molecular flexibility index (Phi) is 5.21. The molecule has 0 unspecified atom stereocenters. The van der Waals surface area contributed by atoms with Gasteiger partial charge in [0.25, 0.3) is 0 Å². The molecule has 0 aliphatic heterocycles. The number of sulfonamides is 1. The molecule has 6 nitrogen and oxygen atoms in total. The third-order valence-electron chi connectivity index (χ3n) is 2.76. The van der Waals surface area contributed by atoms with Gasteiger partial charge >= 0.3 is 12.3 Å². The van der Waals surface area contributed by atoms with E-state index in [1.807, 2.05) is 4.72 Å². The molecule has 25 heavy (non-hydrogen) atoms. The highest BCUT2D eigenvalue weighted by molar-refractivity contribution is 7.92. The maximum Gasteiger partial charge on any atom is 0.417 e. The molecule has 1 amide bonds. The van der Waals surface area contributed by atoms with Crippen LogP contribution in [0.25, 0.3) is 0 Å². The number of para-hydroxylation sites is 1. The highest BCUT2D eigenvalue weighted by Crippen LogP contribution is 2.33. The molecule has 0 fully saturated rings. The number of halogens is 3. The maximum absolute atomic E-state index is 12.9. The van der Waals surface area contributed by atoms with E-state index in [0.717, 1.165) is 12.3 Å². The summed E-state index contributed by atoms with van der Waals surface area (Å²) in [6.45, 7) is 0. The third-order valence-corrected chi connectivity index (χ3v) is 3.37. The average Bonchev–Trinajstić information content (AvgIpc) is 2.45. The number of rotatable bonds is 4. The zero-order chi connectivity index (χ0) is 18.7. The Bertz CT molecular complexity index is 868. The van der Waals surface area contributed by atoms with Crippen molar-refractivity contribution in [1.29, 1.82) is 0 Å². The maximum atomic E-state index is 12.9. The van der Waals surface area contributed by atoms with Gasteiger partial charge in [-0.25, -0.2) is 13.2 Å². The molecule has 0 aliphatic rings. The van der Waals surface area contributed by atoms with Crippen molar-refractivity contribution >= 4 is 27.5 Å². The van der Waals surface area contributed by atoms with Crippen LogP contribution in [0.15, 0.2) is 48.5 Å². The quantitative estimate of drug-likeness (QED) is 0.855. The van der Waals surface area contributed by atoms with Crippen LogP contribution >= 0.6 is 0 Å². The summed E-state index contributed by atoms with van der Waals surface area (Å²) in [5.41, 5.74) is -1.74. The van der Waals surface area contributed by atoms with Crippen molar-refractivity contribution in [3.63, 3.8) is 0 Å². The second-order valence-corrected chi connectivity index (χ2v) is 6.75. The largest absolute Gasteiger partial charge is 0.417 e. The smallest absolute Gasteiger partial charge is 0.410 e. The van der Waals surface area contributed by atoms with Crippen LogP contribution in [-0.4, -0.2) is 20.8 Å². The predicted octanol–water partition coefficient (Wildman–Crippen LogP) is 3.69. The van der Waals surface area contributed by atoms with Crippen LogP contribution in [0.5, 0.6) is 5.75 Å². The van der Waals surface area contributed by atoms with Gasteiger partial charge in [-0.05, 0) is 30.3 Å². The van der Waals surface area contributed by atoms with Crippen LogP contribution in [0, 0.1) is 0 Å². The number of hydrogen-bond donors (Lipinski definition) is 2. The van der Waals surface area contributed by atoms with Crippen LogP contribution in [-0.2, 0) is 16.2 Å². The minimum atomic E-state index is -4.73. The summed E-state index contributed by atoms with van der Waals surface area (Å²) in [4.78, 5) is 11.8. The lowest BCUT2D eigenvalue weighted by atomic mass is 10.1. The van der Waals surface area contributed by atoms with E-state index < -0.39 is 27.9 Å². The second-order valence-electron chi connectivity index (χ2n) is 5.00. The molecular weight excluding hydrogens is 361 g/mol. The normalized spacial score (nSPS) is 11.7. The number of carbonyl (C=O) groups excluding carboxylic acids is 1. The highest BCUT2D eigenvalue weighted by atomic mass is 32.2. The number of benzene rings is 2. The van der Waals surface area contributed by atoms with Crippen LogP contribution in [0.4, 0.5) is 29.3 Å². The van der Waals surface area contributed by atoms with Crippen LogP contribution in [0.3, 0.4) is 0 Å². The molecular formula is C15H13F3N2O4S. The van der Waals surface area contributed by atoms with E-state index in [2.05, 4.69) is 5.32 Å². The fourth-order valence-corrected chi connectivity index (χ4v) is 2.42. The van der Waals surface area contributed by atoms with E-state index in [0.29, 0.717) is 12.1 Å². The summed E-state index contributed by atoms with van der Waals surface area (Å²) in [6.07, 6.45) is -4.95. The summed E-state index contributed by atoms with van der Waals surface area (Å²) < 4.78 is 68.1. The van der Waals surface area contributed by atoms with Crippen molar-refractivity contribution in [2.24, 2.45) is 0 Å². The van der Waals surface area contributed by atoms with Crippen LogP contribution < -0.4 is 14.8 Å². The average molecular weight is 374 g/mol. The first-order valence-corrected chi connectivity index (χ1v) is 8.66. The van der Waals surface area contributed by atoms with Crippen molar-refractivity contribution in [3.05, 3.63) is 54.1 Å². The zero-order valence-corrected chi connectivity index (χ0v) is 13.6. The van der Waals surface area contributed by atoms with E-state index in [1.165, 1.54) is 12.1 Å². The molecule has 2 aromatic rings. The van der Waals surface area contributed by atoms with Crippen LogP contribution in [0.1, 0.15) is 5.56 Å². The Hall–Kier alpha value is -2.75. The fourth-order valence-electron chi connectivity index (χ4n) is 1.88. The molecule has 0 bridgehead atoms. The number of amides is 1. The first kappa shape index (κ1) is 18.6. The van der Waals surface area contributed by atoms with Gasteiger partial charge < -0.3 is 4.74 Å². The predicted molar refractivity (Wildman–Crippen MR) is 86.0 cm³/mol. The first-order chi connectivity index (χ1) is 11.5. The monoisotopic (exact) mass is 374 g/mol. The number of ether oxygens (including phenoxy) is 1. The lowest BCUT2D eigenvalue weighted by Crippen LogP contribution is -2.18. The molecule has 0 aromatic heterocycles. The Morgan fingerprint density at radius 3 is 2.20 bits per heavy atom. The molecule has 0 radical (unpaired) electrons. The summed E-state index contributed by atoms with van der Waals surface area (Å²) in [6, 6.07) is 10.2. The minimum absolute atomic E-state index is 0.196. The molecule has 2 N–H and O–H groups in total. The lowest BCUT2D eigenvalue weighted by Gasteiger charge is -2.13.